The average molecular weight is 493 g/mol. The molecule has 0 atom stereocenters. The van der Waals surface area contributed by atoms with E-state index in [0.717, 1.165) is 18.2 Å². The topological polar surface area (TPSA) is 82.5 Å². The number of fused-ring (bicyclic) bond motifs is 1. The Balaban J connectivity index is 1.47. The summed E-state index contributed by atoms with van der Waals surface area (Å²) in [6.07, 6.45) is -1.44. The van der Waals surface area contributed by atoms with Crippen molar-refractivity contribution in [2.75, 3.05) is 11.9 Å². The predicted octanol–water partition coefficient (Wildman–Crippen LogP) is 5.13. The van der Waals surface area contributed by atoms with E-state index in [9.17, 15) is 22.4 Å². The van der Waals surface area contributed by atoms with Crippen LogP contribution < -0.4 is 10.7 Å². The number of nitrogens with one attached hydrogen (secondary N) is 2. The third kappa shape index (κ3) is 5.42. The van der Waals surface area contributed by atoms with Crippen LogP contribution in [-0.2, 0) is 19.1 Å². The maximum atomic E-state index is 13.1. The van der Waals surface area contributed by atoms with Crippen LogP contribution >= 0.6 is 11.6 Å². The zero-order valence-corrected chi connectivity index (χ0v) is 18.2. The number of benzene rings is 2. The fourth-order valence-corrected chi connectivity index (χ4v) is 3.58. The molecule has 0 radical (unpaired) electrons. The highest BCUT2D eigenvalue weighted by Crippen LogP contribution is 2.32. The Morgan fingerprint density at radius 1 is 1.18 bits per heavy atom. The molecule has 1 aliphatic rings. The molecule has 0 saturated heterocycles. The molecule has 34 heavy (non-hydrogen) atoms. The van der Waals surface area contributed by atoms with E-state index >= 15 is 0 Å². The number of amides is 2. The highest BCUT2D eigenvalue weighted by atomic mass is 35.5. The summed E-state index contributed by atoms with van der Waals surface area (Å²) in [6, 6.07) is 8.02. The Morgan fingerprint density at radius 3 is 2.76 bits per heavy atom. The third-order valence-corrected chi connectivity index (χ3v) is 5.40. The van der Waals surface area contributed by atoms with Crippen molar-refractivity contribution >= 4 is 35.4 Å². The van der Waals surface area contributed by atoms with Crippen LogP contribution in [-0.4, -0.2) is 33.7 Å². The van der Waals surface area contributed by atoms with E-state index in [0.29, 0.717) is 35.6 Å². The number of hydrazone groups is 1. The molecule has 1 aromatic heterocycles. The summed E-state index contributed by atoms with van der Waals surface area (Å²) in [7, 11) is 0. The SMILES string of the molecule is O=C(N/N=C/c1ccc(F)cc1Cl)N1CCc2ncnc(Nc3cccc(C(F)(F)F)c3)c2C1. The number of carbonyl (C=O) groups is 1. The van der Waals surface area contributed by atoms with E-state index in [1.807, 2.05) is 0 Å². The monoisotopic (exact) mass is 492 g/mol. The highest BCUT2D eigenvalue weighted by molar-refractivity contribution is 6.33. The Bertz CT molecular complexity index is 1250. The Labute approximate surface area is 196 Å². The van der Waals surface area contributed by atoms with Gasteiger partial charge in [0.15, 0.2) is 0 Å². The van der Waals surface area contributed by atoms with Crippen LogP contribution in [0.4, 0.5) is 33.9 Å². The molecule has 0 aliphatic carbocycles. The van der Waals surface area contributed by atoms with E-state index in [2.05, 4.69) is 25.8 Å². The van der Waals surface area contributed by atoms with Gasteiger partial charge in [-0.2, -0.15) is 18.3 Å². The van der Waals surface area contributed by atoms with E-state index < -0.39 is 23.6 Å². The molecule has 2 aromatic carbocycles. The molecular weight excluding hydrogens is 476 g/mol. The number of anilines is 2. The maximum Gasteiger partial charge on any atom is 0.416 e. The molecule has 12 heteroatoms. The summed E-state index contributed by atoms with van der Waals surface area (Å²) in [4.78, 5) is 22.4. The maximum absolute atomic E-state index is 13.1. The number of rotatable bonds is 4. The Kier molecular flexibility index (Phi) is 6.64. The molecule has 0 unspecified atom stereocenters. The van der Waals surface area contributed by atoms with Crippen LogP contribution in [0.3, 0.4) is 0 Å². The van der Waals surface area contributed by atoms with Gasteiger partial charge in [0.2, 0.25) is 0 Å². The van der Waals surface area contributed by atoms with Gasteiger partial charge in [0.25, 0.3) is 0 Å². The number of aromatic nitrogens is 2. The van der Waals surface area contributed by atoms with Crippen LogP contribution in [0.2, 0.25) is 5.02 Å². The molecule has 2 amide bonds. The first-order valence-electron chi connectivity index (χ1n) is 10.0. The molecule has 4 rings (SSSR count). The predicted molar refractivity (Wildman–Crippen MR) is 118 cm³/mol. The molecule has 1 aliphatic heterocycles. The van der Waals surface area contributed by atoms with Crippen molar-refractivity contribution in [2.45, 2.75) is 19.1 Å². The number of alkyl halides is 3. The average Bonchev–Trinajstić information content (AvgIpc) is 2.80. The van der Waals surface area contributed by atoms with Gasteiger partial charge in [-0.25, -0.2) is 24.6 Å². The first-order valence-corrected chi connectivity index (χ1v) is 10.4. The van der Waals surface area contributed by atoms with Gasteiger partial charge < -0.3 is 10.2 Å². The second kappa shape index (κ2) is 9.64. The molecule has 2 heterocycles. The van der Waals surface area contributed by atoms with Crippen molar-refractivity contribution in [1.29, 1.82) is 0 Å². The third-order valence-electron chi connectivity index (χ3n) is 5.07. The summed E-state index contributed by atoms with van der Waals surface area (Å²) < 4.78 is 52.2. The molecular formula is C22H17ClF4N6O. The fraction of sp³-hybridized carbons (Fsp3) is 0.182. The van der Waals surface area contributed by atoms with Gasteiger partial charge in [-0.15, -0.1) is 0 Å². The first kappa shape index (κ1) is 23.4. The van der Waals surface area contributed by atoms with Gasteiger partial charge in [0, 0.05) is 29.8 Å². The summed E-state index contributed by atoms with van der Waals surface area (Å²) >= 11 is 5.93. The number of carbonyl (C=O) groups excluding carboxylic acids is 1. The van der Waals surface area contributed by atoms with Crippen molar-refractivity contribution in [1.82, 2.24) is 20.3 Å². The zero-order valence-electron chi connectivity index (χ0n) is 17.4. The van der Waals surface area contributed by atoms with Crippen LogP contribution in [0.25, 0.3) is 0 Å². The normalized spacial score (nSPS) is 13.6. The lowest BCUT2D eigenvalue weighted by molar-refractivity contribution is -0.137. The second-order valence-corrected chi connectivity index (χ2v) is 7.77. The first-order chi connectivity index (χ1) is 16.2. The number of hydrogen-bond acceptors (Lipinski definition) is 5. The van der Waals surface area contributed by atoms with Crippen LogP contribution in [0, 0.1) is 5.82 Å². The van der Waals surface area contributed by atoms with Crippen molar-refractivity contribution < 1.29 is 22.4 Å². The number of nitrogens with zero attached hydrogens (tertiary/aromatic N) is 4. The molecule has 0 spiro atoms. The van der Waals surface area contributed by atoms with Gasteiger partial charge >= 0.3 is 12.2 Å². The summed E-state index contributed by atoms with van der Waals surface area (Å²) in [5.74, 6) is -0.182. The van der Waals surface area contributed by atoms with Crippen molar-refractivity contribution in [3.8, 4) is 0 Å². The van der Waals surface area contributed by atoms with Gasteiger partial charge in [-0.3, -0.25) is 0 Å². The minimum Gasteiger partial charge on any atom is -0.340 e. The standard InChI is InChI=1S/C22H17ClF4N6O/c23-18-9-15(24)5-4-13(18)10-30-32-21(34)33-7-6-19-17(11-33)20(29-12-28-19)31-16-3-1-2-14(8-16)22(25,26)27/h1-5,8-10,12H,6-7,11H2,(H,32,34)(H,28,29,31)/b30-10+. The Hall–Kier alpha value is -3.73. The number of hydrogen-bond donors (Lipinski definition) is 2. The van der Waals surface area contributed by atoms with Crippen molar-refractivity contribution in [3.05, 3.63) is 82.0 Å². The van der Waals surface area contributed by atoms with Crippen molar-refractivity contribution in [3.63, 3.8) is 0 Å². The molecule has 7 nitrogen and oxygen atoms in total. The second-order valence-electron chi connectivity index (χ2n) is 7.36. The molecule has 0 saturated carbocycles. The molecule has 3 aromatic rings. The number of urea groups is 1. The van der Waals surface area contributed by atoms with E-state index in [1.54, 1.807) is 0 Å². The minimum atomic E-state index is -4.48. The van der Waals surface area contributed by atoms with E-state index in [-0.39, 0.29) is 17.3 Å². The zero-order chi connectivity index (χ0) is 24.3. The summed E-state index contributed by atoms with van der Waals surface area (Å²) in [5.41, 5.74) is 3.50. The van der Waals surface area contributed by atoms with E-state index in [1.165, 1.54) is 41.7 Å². The highest BCUT2D eigenvalue weighted by Gasteiger charge is 2.30. The van der Waals surface area contributed by atoms with Gasteiger partial charge in [0.05, 0.1) is 29.0 Å². The molecule has 0 fully saturated rings. The smallest absolute Gasteiger partial charge is 0.340 e. The van der Waals surface area contributed by atoms with Gasteiger partial charge in [0.1, 0.15) is 18.0 Å². The Morgan fingerprint density at radius 2 is 2.00 bits per heavy atom. The largest absolute Gasteiger partial charge is 0.416 e. The quantitative estimate of drug-likeness (QED) is 0.300. The summed E-state index contributed by atoms with van der Waals surface area (Å²) in [6.45, 7) is 0.474. The van der Waals surface area contributed by atoms with Crippen LogP contribution in [0.15, 0.2) is 53.9 Å². The van der Waals surface area contributed by atoms with Gasteiger partial charge in [-0.1, -0.05) is 17.7 Å². The minimum absolute atomic E-state index is 0.121. The lowest BCUT2D eigenvalue weighted by atomic mass is 10.1. The molecule has 0 bridgehead atoms. The number of halogens is 5. The van der Waals surface area contributed by atoms with Crippen molar-refractivity contribution in [2.24, 2.45) is 5.10 Å². The molecule has 176 valence electrons. The lowest BCUT2D eigenvalue weighted by Crippen LogP contribution is -2.41. The lowest BCUT2D eigenvalue weighted by Gasteiger charge is -2.28. The fourth-order valence-electron chi connectivity index (χ4n) is 3.37. The van der Waals surface area contributed by atoms with Gasteiger partial charge in [-0.05, 0) is 36.4 Å². The van der Waals surface area contributed by atoms with E-state index in [4.69, 9.17) is 11.6 Å². The molecule has 2 N–H and O–H groups in total. The summed E-state index contributed by atoms with van der Waals surface area (Å²) in [5, 5.41) is 6.90. The van der Waals surface area contributed by atoms with Crippen LogP contribution in [0.5, 0.6) is 0 Å². The van der Waals surface area contributed by atoms with Crippen LogP contribution in [0.1, 0.15) is 22.4 Å².